The van der Waals surface area contributed by atoms with Crippen LogP contribution in [0, 0.1) is 0 Å². The number of hydrogen-bond acceptors (Lipinski definition) is 5. The van der Waals surface area contributed by atoms with Crippen LogP contribution in [-0.2, 0) is 16.1 Å². The van der Waals surface area contributed by atoms with Gasteiger partial charge >= 0.3 is 0 Å². The summed E-state index contributed by atoms with van der Waals surface area (Å²) in [4.78, 5) is 35.3. The first-order valence-electron chi connectivity index (χ1n) is 8.05. The number of benzene rings is 1. The molecule has 130 valence electrons. The average molecular weight is 341 g/mol. The molecule has 1 aromatic carbocycles. The Morgan fingerprint density at radius 2 is 2.00 bits per heavy atom. The predicted molar refractivity (Wildman–Crippen MR) is 91.7 cm³/mol. The van der Waals surface area contributed by atoms with Gasteiger partial charge in [-0.15, -0.1) is 0 Å². The van der Waals surface area contributed by atoms with Crippen LogP contribution in [0.2, 0.25) is 0 Å². The molecule has 2 heterocycles. The third-order valence-electron chi connectivity index (χ3n) is 3.84. The molecule has 1 unspecified atom stereocenters. The molecule has 25 heavy (non-hydrogen) atoms. The Morgan fingerprint density at radius 3 is 2.76 bits per heavy atom. The zero-order valence-corrected chi connectivity index (χ0v) is 13.6. The van der Waals surface area contributed by atoms with Crippen LogP contribution in [0.25, 0.3) is 11.3 Å². The van der Waals surface area contributed by atoms with Gasteiger partial charge in [0.1, 0.15) is 6.04 Å². The standard InChI is InChI=1S/C17H19N5O3/c23-15-11-18-10-14(20-15)17(25)19-8-9-22-16(24)7-6-13(21-22)12-4-2-1-3-5-12/h1-7,14,18H,8-11H2,(H,19,25)(H,20,23). The lowest BCUT2D eigenvalue weighted by atomic mass is 10.1. The monoisotopic (exact) mass is 341 g/mol. The van der Waals surface area contributed by atoms with E-state index >= 15 is 0 Å². The maximum Gasteiger partial charge on any atom is 0.266 e. The van der Waals surface area contributed by atoms with Crippen molar-refractivity contribution < 1.29 is 9.59 Å². The number of aromatic nitrogens is 2. The third-order valence-corrected chi connectivity index (χ3v) is 3.84. The van der Waals surface area contributed by atoms with Gasteiger partial charge in [0, 0.05) is 24.7 Å². The molecule has 0 spiro atoms. The predicted octanol–water partition coefficient (Wildman–Crippen LogP) is -0.885. The molecule has 1 atom stereocenters. The van der Waals surface area contributed by atoms with Gasteiger partial charge in [0.05, 0.1) is 18.8 Å². The smallest absolute Gasteiger partial charge is 0.266 e. The first kappa shape index (κ1) is 16.8. The summed E-state index contributed by atoms with van der Waals surface area (Å²) in [5, 5.41) is 12.5. The summed E-state index contributed by atoms with van der Waals surface area (Å²) < 4.78 is 1.32. The maximum absolute atomic E-state index is 12.0. The van der Waals surface area contributed by atoms with Gasteiger partial charge in [-0.3, -0.25) is 14.4 Å². The zero-order valence-electron chi connectivity index (χ0n) is 13.6. The second kappa shape index (κ2) is 7.71. The van der Waals surface area contributed by atoms with Crippen molar-refractivity contribution >= 4 is 11.8 Å². The third kappa shape index (κ3) is 4.30. The average Bonchev–Trinajstić information content (AvgIpc) is 2.64. The first-order chi connectivity index (χ1) is 12.1. The summed E-state index contributed by atoms with van der Waals surface area (Å²) in [6, 6.07) is 12.1. The van der Waals surface area contributed by atoms with E-state index in [1.165, 1.54) is 10.7 Å². The van der Waals surface area contributed by atoms with Gasteiger partial charge in [-0.25, -0.2) is 4.68 Å². The van der Waals surface area contributed by atoms with E-state index in [1.54, 1.807) is 6.07 Å². The Labute approximate surface area is 144 Å². The Morgan fingerprint density at radius 1 is 1.20 bits per heavy atom. The lowest BCUT2D eigenvalue weighted by molar-refractivity contribution is -0.130. The summed E-state index contributed by atoms with van der Waals surface area (Å²) in [6.45, 7) is 1.10. The summed E-state index contributed by atoms with van der Waals surface area (Å²) in [5.74, 6) is -0.493. The highest BCUT2D eigenvalue weighted by atomic mass is 16.2. The molecule has 8 nitrogen and oxygen atoms in total. The number of piperazine rings is 1. The molecule has 2 amide bonds. The van der Waals surface area contributed by atoms with Crippen LogP contribution >= 0.6 is 0 Å². The van der Waals surface area contributed by atoms with Crippen LogP contribution in [-0.4, -0.2) is 47.3 Å². The quantitative estimate of drug-likeness (QED) is 0.655. The number of carbonyl (C=O) groups is 2. The number of amides is 2. The minimum absolute atomic E-state index is 0.208. The molecule has 1 fully saturated rings. The molecule has 3 rings (SSSR count). The summed E-state index contributed by atoms with van der Waals surface area (Å²) >= 11 is 0. The molecule has 0 saturated carbocycles. The fourth-order valence-electron chi connectivity index (χ4n) is 2.56. The number of nitrogens with one attached hydrogen (secondary N) is 3. The highest BCUT2D eigenvalue weighted by Gasteiger charge is 2.23. The van der Waals surface area contributed by atoms with Gasteiger partial charge in [-0.1, -0.05) is 30.3 Å². The van der Waals surface area contributed by atoms with Gasteiger partial charge in [0.2, 0.25) is 11.8 Å². The Bertz CT molecular complexity index is 819. The van der Waals surface area contributed by atoms with E-state index in [0.717, 1.165) is 5.56 Å². The van der Waals surface area contributed by atoms with E-state index in [1.807, 2.05) is 30.3 Å². The fourth-order valence-corrected chi connectivity index (χ4v) is 2.56. The molecular formula is C17H19N5O3. The molecule has 0 aliphatic carbocycles. The second-order valence-corrected chi connectivity index (χ2v) is 5.69. The molecule has 1 aromatic heterocycles. The van der Waals surface area contributed by atoms with E-state index in [9.17, 15) is 14.4 Å². The van der Waals surface area contributed by atoms with E-state index in [2.05, 4.69) is 21.0 Å². The van der Waals surface area contributed by atoms with Crippen molar-refractivity contribution in [3.63, 3.8) is 0 Å². The fraction of sp³-hybridized carbons (Fsp3) is 0.294. The van der Waals surface area contributed by atoms with E-state index in [-0.39, 0.29) is 37.0 Å². The Hall–Kier alpha value is -3.00. The number of hydrogen-bond donors (Lipinski definition) is 3. The number of carbonyl (C=O) groups excluding carboxylic acids is 2. The molecule has 0 radical (unpaired) electrons. The highest BCUT2D eigenvalue weighted by molar-refractivity contribution is 5.89. The van der Waals surface area contributed by atoms with E-state index < -0.39 is 6.04 Å². The van der Waals surface area contributed by atoms with Crippen LogP contribution in [0.4, 0.5) is 0 Å². The minimum Gasteiger partial charge on any atom is -0.352 e. The van der Waals surface area contributed by atoms with Crippen molar-refractivity contribution in [1.29, 1.82) is 0 Å². The number of nitrogens with zero attached hydrogens (tertiary/aromatic N) is 2. The molecule has 8 heteroatoms. The van der Waals surface area contributed by atoms with Crippen LogP contribution in [0.1, 0.15) is 0 Å². The van der Waals surface area contributed by atoms with Crippen LogP contribution in [0.5, 0.6) is 0 Å². The summed E-state index contributed by atoms with van der Waals surface area (Å²) in [6.07, 6.45) is 0. The SMILES string of the molecule is O=C1CNCC(C(=O)NCCn2nc(-c3ccccc3)ccc2=O)N1. The van der Waals surface area contributed by atoms with Crippen LogP contribution in [0.3, 0.4) is 0 Å². The second-order valence-electron chi connectivity index (χ2n) is 5.69. The van der Waals surface area contributed by atoms with Crippen molar-refractivity contribution in [2.45, 2.75) is 12.6 Å². The molecule has 1 saturated heterocycles. The topological polar surface area (TPSA) is 105 Å². The lowest BCUT2D eigenvalue weighted by Gasteiger charge is -2.23. The molecule has 1 aliphatic heterocycles. The van der Waals surface area contributed by atoms with Crippen molar-refractivity contribution in [2.75, 3.05) is 19.6 Å². The highest BCUT2D eigenvalue weighted by Crippen LogP contribution is 2.13. The van der Waals surface area contributed by atoms with Crippen molar-refractivity contribution in [2.24, 2.45) is 0 Å². The van der Waals surface area contributed by atoms with Crippen molar-refractivity contribution in [3.05, 3.63) is 52.8 Å². The Balaban J connectivity index is 1.60. The first-order valence-corrected chi connectivity index (χ1v) is 8.05. The molecule has 3 N–H and O–H groups in total. The zero-order chi connectivity index (χ0) is 17.6. The van der Waals surface area contributed by atoms with Gasteiger partial charge in [0.25, 0.3) is 5.56 Å². The normalized spacial score (nSPS) is 17.0. The van der Waals surface area contributed by atoms with E-state index in [0.29, 0.717) is 12.2 Å². The van der Waals surface area contributed by atoms with Gasteiger partial charge in [0.15, 0.2) is 0 Å². The van der Waals surface area contributed by atoms with Crippen LogP contribution in [0.15, 0.2) is 47.3 Å². The van der Waals surface area contributed by atoms with Gasteiger partial charge in [-0.05, 0) is 6.07 Å². The largest absolute Gasteiger partial charge is 0.352 e. The van der Waals surface area contributed by atoms with Gasteiger partial charge in [-0.2, -0.15) is 5.10 Å². The molecule has 2 aromatic rings. The molecule has 1 aliphatic rings. The molecule has 0 bridgehead atoms. The van der Waals surface area contributed by atoms with E-state index in [4.69, 9.17) is 0 Å². The summed E-state index contributed by atoms with van der Waals surface area (Å²) in [5.41, 5.74) is 1.37. The Kier molecular flexibility index (Phi) is 5.20. The van der Waals surface area contributed by atoms with Crippen LogP contribution < -0.4 is 21.5 Å². The lowest BCUT2D eigenvalue weighted by Crippen LogP contribution is -2.58. The van der Waals surface area contributed by atoms with Crippen molar-refractivity contribution in [1.82, 2.24) is 25.7 Å². The summed E-state index contributed by atoms with van der Waals surface area (Å²) in [7, 11) is 0. The number of rotatable bonds is 5. The molecular weight excluding hydrogens is 322 g/mol. The minimum atomic E-state index is -0.596. The van der Waals surface area contributed by atoms with Crippen molar-refractivity contribution in [3.8, 4) is 11.3 Å². The van der Waals surface area contributed by atoms with Gasteiger partial charge < -0.3 is 16.0 Å². The maximum atomic E-state index is 12.0.